The molecule has 0 heterocycles. The molecule has 0 aromatic heterocycles. The predicted molar refractivity (Wildman–Crippen MR) is 60.7 cm³/mol. The zero-order valence-corrected chi connectivity index (χ0v) is 9.53. The topological polar surface area (TPSA) is 55.5 Å². The van der Waals surface area contributed by atoms with Gasteiger partial charge < -0.3 is 15.6 Å². The highest BCUT2D eigenvalue weighted by Gasteiger charge is 2.06. The molecule has 0 aliphatic rings. The molecule has 0 fully saturated rings. The van der Waals surface area contributed by atoms with Crippen molar-refractivity contribution in [2.24, 2.45) is 5.73 Å². The summed E-state index contributed by atoms with van der Waals surface area (Å²) in [4.78, 5) is 0. The molecule has 3 nitrogen and oxygen atoms in total. The van der Waals surface area contributed by atoms with Gasteiger partial charge in [-0.2, -0.15) is 0 Å². The van der Waals surface area contributed by atoms with E-state index in [1.165, 1.54) is 0 Å². The molecule has 0 amide bonds. The summed E-state index contributed by atoms with van der Waals surface area (Å²) in [6, 6.07) is 5.66. The van der Waals surface area contributed by atoms with Crippen LogP contribution in [0, 0.1) is 0 Å². The molecule has 0 bridgehead atoms. The SMILES string of the molecule is CCc1cc(OC(C)C)cc(C(N)O)c1. The summed E-state index contributed by atoms with van der Waals surface area (Å²) < 4.78 is 5.58. The molecule has 0 saturated heterocycles. The number of hydrogen-bond donors (Lipinski definition) is 2. The van der Waals surface area contributed by atoms with Crippen LogP contribution in [0.25, 0.3) is 0 Å². The minimum absolute atomic E-state index is 0.125. The molecule has 15 heavy (non-hydrogen) atoms. The monoisotopic (exact) mass is 209 g/mol. The van der Waals surface area contributed by atoms with E-state index in [9.17, 15) is 5.11 Å². The molecule has 3 N–H and O–H groups in total. The molecular weight excluding hydrogens is 190 g/mol. The van der Waals surface area contributed by atoms with Crippen molar-refractivity contribution in [2.75, 3.05) is 0 Å². The molecule has 0 radical (unpaired) electrons. The first kappa shape index (κ1) is 12.0. The van der Waals surface area contributed by atoms with Gasteiger partial charge in [-0.05, 0) is 43.5 Å². The molecule has 1 aromatic carbocycles. The number of aliphatic hydroxyl groups excluding tert-OH is 1. The fourth-order valence-electron chi connectivity index (χ4n) is 1.40. The molecule has 1 atom stereocenters. The van der Waals surface area contributed by atoms with Crippen molar-refractivity contribution < 1.29 is 9.84 Å². The minimum Gasteiger partial charge on any atom is -0.491 e. The van der Waals surface area contributed by atoms with E-state index in [4.69, 9.17) is 10.5 Å². The van der Waals surface area contributed by atoms with Crippen molar-refractivity contribution in [3.05, 3.63) is 29.3 Å². The van der Waals surface area contributed by atoms with Crippen molar-refractivity contribution in [2.45, 2.75) is 39.5 Å². The zero-order valence-electron chi connectivity index (χ0n) is 9.53. The van der Waals surface area contributed by atoms with Gasteiger partial charge in [0.05, 0.1) is 6.10 Å². The maximum Gasteiger partial charge on any atom is 0.128 e. The number of nitrogens with two attached hydrogens (primary N) is 1. The van der Waals surface area contributed by atoms with Crippen LogP contribution in [-0.2, 0) is 6.42 Å². The molecule has 0 aliphatic heterocycles. The number of aryl methyl sites for hydroxylation is 1. The summed E-state index contributed by atoms with van der Waals surface area (Å²) in [5, 5.41) is 9.32. The highest BCUT2D eigenvalue weighted by molar-refractivity contribution is 5.35. The number of aliphatic hydroxyl groups is 1. The second kappa shape index (κ2) is 5.14. The van der Waals surface area contributed by atoms with E-state index in [-0.39, 0.29) is 6.10 Å². The number of ether oxygens (including phenoxy) is 1. The second-order valence-corrected chi connectivity index (χ2v) is 3.88. The van der Waals surface area contributed by atoms with Crippen molar-refractivity contribution in [1.29, 1.82) is 0 Å². The number of rotatable bonds is 4. The summed E-state index contributed by atoms with van der Waals surface area (Å²) in [5.74, 6) is 0.767. The van der Waals surface area contributed by atoms with Crippen LogP contribution in [0.5, 0.6) is 5.75 Å². The molecule has 0 spiro atoms. The van der Waals surface area contributed by atoms with Crippen LogP contribution in [-0.4, -0.2) is 11.2 Å². The van der Waals surface area contributed by atoms with E-state index in [0.717, 1.165) is 17.7 Å². The van der Waals surface area contributed by atoms with Gasteiger partial charge in [-0.15, -0.1) is 0 Å². The van der Waals surface area contributed by atoms with Crippen molar-refractivity contribution in [3.63, 3.8) is 0 Å². The first-order valence-electron chi connectivity index (χ1n) is 5.27. The predicted octanol–water partition coefficient (Wildman–Crippen LogP) is 1.99. The van der Waals surface area contributed by atoms with Crippen LogP contribution in [0.2, 0.25) is 0 Å². The first-order valence-corrected chi connectivity index (χ1v) is 5.27. The molecule has 1 unspecified atom stereocenters. The van der Waals surface area contributed by atoms with Crippen LogP contribution in [0.1, 0.15) is 38.1 Å². The average molecular weight is 209 g/mol. The normalized spacial score (nSPS) is 12.9. The zero-order chi connectivity index (χ0) is 11.4. The third-order valence-electron chi connectivity index (χ3n) is 2.11. The smallest absolute Gasteiger partial charge is 0.128 e. The van der Waals surface area contributed by atoms with E-state index in [2.05, 4.69) is 6.92 Å². The molecule has 84 valence electrons. The lowest BCUT2D eigenvalue weighted by Gasteiger charge is -2.14. The Labute approximate surface area is 90.9 Å². The largest absolute Gasteiger partial charge is 0.491 e. The first-order chi connectivity index (χ1) is 7.02. The molecule has 0 aliphatic carbocycles. The van der Waals surface area contributed by atoms with Crippen LogP contribution in [0.4, 0.5) is 0 Å². The van der Waals surface area contributed by atoms with Crippen LogP contribution in [0.15, 0.2) is 18.2 Å². The van der Waals surface area contributed by atoms with Crippen LogP contribution < -0.4 is 10.5 Å². The summed E-state index contributed by atoms with van der Waals surface area (Å²) in [5.41, 5.74) is 7.25. The summed E-state index contributed by atoms with van der Waals surface area (Å²) in [7, 11) is 0. The van der Waals surface area contributed by atoms with Gasteiger partial charge in [-0.3, -0.25) is 0 Å². The Hall–Kier alpha value is -1.06. The van der Waals surface area contributed by atoms with Gasteiger partial charge in [0.15, 0.2) is 0 Å². The summed E-state index contributed by atoms with van der Waals surface area (Å²) in [6.45, 7) is 6.00. The third kappa shape index (κ3) is 3.53. The molecule has 1 aromatic rings. The van der Waals surface area contributed by atoms with Crippen molar-refractivity contribution >= 4 is 0 Å². The Kier molecular flexibility index (Phi) is 4.12. The quantitative estimate of drug-likeness (QED) is 0.745. The number of benzene rings is 1. The molecule has 3 heteroatoms. The van der Waals surface area contributed by atoms with Crippen molar-refractivity contribution in [3.8, 4) is 5.75 Å². The van der Waals surface area contributed by atoms with Gasteiger partial charge in [0.2, 0.25) is 0 Å². The van der Waals surface area contributed by atoms with Gasteiger partial charge in [0.25, 0.3) is 0 Å². The standard InChI is InChI=1S/C12H19NO2/c1-4-9-5-10(12(13)14)7-11(6-9)15-8(2)3/h5-8,12,14H,4,13H2,1-3H3. The van der Waals surface area contributed by atoms with Gasteiger partial charge in [0, 0.05) is 0 Å². The van der Waals surface area contributed by atoms with Crippen molar-refractivity contribution in [1.82, 2.24) is 0 Å². The maximum atomic E-state index is 9.32. The van der Waals surface area contributed by atoms with E-state index in [1.54, 1.807) is 6.07 Å². The van der Waals surface area contributed by atoms with E-state index in [1.807, 2.05) is 26.0 Å². The second-order valence-electron chi connectivity index (χ2n) is 3.88. The van der Waals surface area contributed by atoms with E-state index >= 15 is 0 Å². The molecule has 1 rings (SSSR count). The van der Waals surface area contributed by atoms with Gasteiger partial charge in [0.1, 0.15) is 12.0 Å². The Balaban J connectivity index is 3.00. The fourth-order valence-corrected chi connectivity index (χ4v) is 1.40. The Morgan fingerprint density at radius 2 is 2.00 bits per heavy atom. The van der Waals surface area contributed by atoms with Gasteiger partial charge in [-0.1, -0.05) is 13.0 Å². The Morgan fingerprint density at radius 3 is 2.47 bits per heavy atom. The Morgan fingerprint density at radius 1 is 1.33 bits per heavy atom. The highest BCUT2D eigenvalue weighted by Crippen LogP contribution is 2.21. The number of hydrogen-bond acceptors (Lipinski definition) is 3. The minimum atomic E-state index is -0.939. The maximum absolute atomic E-state index is 9.32. The molecule has 0 saturated carbocycles. The van der Waals surface area contributed by atoms with E-state index in [0.29, 0.717) is 5.56 Å². The third-order valence-corrected chi connectivity index (χ3v) is 2.11. The summed E-state index contributed by atoms with van der Waals surface area (Å²) >= 11 is 0. The lowest BCUT2D eigenvalue weighted by atomic mass is 10.1. The van der Waals surface area contributed by atoms with Gasteiger partial charge >= 0.3 is 0 Å². The Bertz CT molecular complexity index is 321. The van der Waals surface area contributed by atoms with E-state index < -0.39 is 6.23 Å². The lowest BCUT2D eigenvalue weighted by Crippen LogP contribution is -2.11. The fraction of sp³-hybridized carbons (Fsp3) is 0.500. The lowest BCUT2D eigenvalue weighted by molar-refractivity contribution is 0.184. The average Bonchev–Trinajstić information content (AvgIpc) is 2.16. The highest BCUT2D eigenvalue weighted by atomic mass is 16.5. The van der Waals surface area contributed by atoms with Crippen LogP contribution in [0.3, 0.4) is 0 Å². The summed E-state index contributed by atoms with van der Waals surface area (Å²) in [6.07, 6.45) is 0.0838. The van der Waals surface area contributed by atoms with Crippen LogP contribution >= 0.6 is 0 Å². The molecular formula is C12H19NO2. The van der Waals surface area contributed by atoms with Gasteiger partial charge in [-0.25, -0.2) is 0 Å².